The van der Waals surface area contributed by atoms with Crippen LogP contribution in [-0.4, -0.2) is 12.5 Å². The summed E-state index contributed by atoms with van der Waals surface area (Å²) in [5.74, 6) is 0.135. The van der Waals surface area contributed by atoms with Gasteiger partial charge in [0.05, 0.1) is 0 Å². The van der Waals surface area contributed by atoms with Crippen molar-refractivity contribution in [3.8, 4) is 0 Å². The Morgan fingerprint density at radius 3 is 2.42 bits per heavy atom. The summed E-state index contributed by atoms with van der Waals surface area (Å²) in [6.07, 6.45) is 3.31. The van der Waals surface area contributed by atoms with Crippen LogP contribution in [-0.2, 0) is 17.6 Å². The van der Waals surface area contributed by atoms with E-state index in [1.54, 1.807) is 0 Å². The Morgan fingerprint density at radius 2 is 1.54 bits per heavy atom. The van der Waals surface area contributed by atoms with Crippen LogP contribution >= 0.6 is 0 Å². The van der Waals surface area contributed by atoms with Gasteiger partial charge in [-0.15, -0.1) is 0 Å². The van der Waals surface area contributed by atoms with Gasteiger partial charge in [-0.25, -0.2) is 0 Å². The van der Waals surface area contributed by atoms with Crippen molar-refractivity contribution in [1.82, 2.24) is 5.32 Å². The number of aryl methyl sites for hydroxylation is 2. The topological polar surface area (TPSA) is 29.1 Å². The Balaban J connectivity index is 1.44. The van der Waals surface area contributed by atoms with Crippen LogP contribution in [0.4, 0.5) is 0 Å². The fourth-order valence-corrected chi connectivity index (χ4v) is 3.01. The van der Waals surface area contributed by atoms with E-state index in [-0.39, 0.29) is 5.91 Å². The smallest absolute Gasteiger partial charge is 0.220 e. The number of rotatable bonds is 7. The first kappa shape index (κ1) is 16.3. The Morgan fingerprint density at radius 1 is 0.792 bits per heavy atom. The number of carbonyl (C=O) groups is 1. The van der Waals surface area contributed by atoms with Crippen molar-refractivity contribution in [3.05, 3.63) is 83.9 Å². The second-order valence-corrected chi connectivity index (χ2v) is 6.08. The van der Waals surface area contributed by atoms with Gasteiger partial charge in [0.1, 0.15) is 0 Å². The summed E-state index contributed by atoms with van der Waals surface area (Å²) in [6.45, 7) is 0.739. The van der Waals surface area contributed by atoms with Crippen LogP contribution in [0.15, 0.2) is 72.8 Å². The van der Waals surface area contributed by atoms with Crippen LogP contribution < -0.4 is 5.32 Å². The van der Waals surface area contributed by atoms with E-state index in [4.69, 9.17) is 0 Å². The molecule has 0 aliphatic heterocycles. The molecular weight excluding hydrogens is 294 g/mol. The Bertz CT molecular complexity index is 790. The first-order chi connectivity index (χ1) is 11.8. The van der Waals surface area contributed by atoms with Gasteiger partial charge in [-0.3, -0.25) is 4.79 Å². The number of fused-ring (bicyclic) bond motifs is 1. The van der Waals surface area contributed by atoms with Crippen LogP contribution in [0.1, 0.15) is 24.0 Å². The molecule has 0 atom stereocenters. The molecule has 24 heavy (non-hydrogen) atoms. The molecule has 0 aromatic heterocycles. The van der Waals surface area contributed by atoms with Crippen molar-refractivity contribution in [3.63, 3.8) is 0 Å². The summed E-state index contributed by atoms with van der Waals surface area (Å²) in [6, 6.07) is 25.0. The summed E-state index contributed by atoms with van der Waals surface area (Å²) >= 11 is 0. The molecule has 2 nitrogen and oxygen atoms in total. The second-order valence-electron chi connectivity index (χ2n) is 6.08. The predicted octanol–water partition coefficient (Wildman–Crippen LogP) is 4.52. The fraction of sp³-hybridized carbons (Fsp3) is 0.227. The van der Waals surface area contributed by atoms with E-state index in [0.29, 0.717) is 6.42 Å². The van der Waals surface area contributed by atoms with Gasteiger partial charge < -0.3 is 5.32 Å². The minimum Gasteiger partial charge on any atom is -0.356 e. The van der Waals surface area contributed by atoms with Gasteiger partial charge in [-0.2, -0.15) is 0 Å². The number of benzene rings is 3. The fourth-order valence-electron chi connectivity index (χ4n) is 3.01. The maximum atomic E-state index is 12.1. The lowest BCUT2D eigenvalue weighted by molar-refractivity contribution is -0.121. The van der Waals surface area contributed by atoms with Crippen molar-refractivity contribution in [2.75, 3.05) is 6.54 Å². The molecule has 0 aliphatic rings. The van der Waals surface area contributed by atoms with Crippen LogP contribution in [0.3, 0.4) is 0 Å². The summed E-state index contributed by atoms with van der Waals surface area (Å²) in [7, 11) is 0. The number of hydrogen-bond acceptors (Lipinski definition) is 1. The molecule has 0 spiro atoms. The van der Waals surface area contributed by atoms with Gasteiger partial charge in [0, 0.05) is 13.0 Å². The first-order valence-corrected chi connectivity index (χ1v) is 8.60. The van der Waals surface area contributed by atoms with E-state index in [2.05, 4.69) is 66.0 Å². The zero-order chi connectivity index (χ0) is 16.6. The Kier molecular flexibility index (Phi) is 5.62. The lowest BCUT2D eigenvalue weighted by Gasteiger charge is -2.08. The molecular formula is C22H23NO. The van der Waals surface area contributed by atoms with E-state index in [1.165, 1.54) is 21.9 Å². The third-order valence-electron chi connectivity index (χ3n) is 4.31. The zero-order valence-corrected chi connectivity index (χ0v) is 13.9. The van der Waals surface area contributed by atoms with Crippen molar-refractivity contribution in [2.45, 2.75) is 25.7 Å². The van der Waals surface area contributed by atoms with Gasteiger partial charge in [0.25, 0.3) is 0 Å². The number of nitrogens with one attached hydrogen (secondary N) is 1. The molecule has 0 aliphatic carbocycles. The molecule has 1 N–H and O–H groups in total. The Labute approximate surface area is 143 Å². The summed E-state index contributed by atoms with van der Waals surface area (Å²) < 4.78 is 0. The van der Waals surface area contributed by atoms with E-state index < -0.39 is 0 Å². The van der Waals surface area contributed by atoms with Gasteiger partial charge in [0.2, 0.25) is 5.91 Å². The van der Waals surface area contributed by atoms with E-state index >= 15 is 0 Å². The number of hydrogen-bond donors (Lipinski definition) is 1. The predicted molar refractivity (Wildman–Crippen MR) is 100 cm³/mol. The third kappa shape index (κ3) is 4.45. The molecule has 0 fully saturated rings. The molecule has 0 unspecified atom stereocenters. The zero-order valence-electron chi connectivity index (χ0n) is 13.9. The number of amides is 1. The molecule has 0 heterocycles. The van der Waals surface area contributed by atoms with Crippen LogP contribution in [0.5, 0.6) is 0 Å². The third-order valence-corrected chi connectivity index (χ3v) is 4.31. The lowest BCUT2D eigenvalue weighted by Crippen LogP contribution is -2.25. The van der Waals surface area contributed by atoms with E-state index in [1.807, 2.05) is 12.1 Å². The van der Waals surface area contributed by atoms with Gasteiger partial charge >= 0.3 is 0 Å². The van der Waals surface area contributed by atoms with Crippen LogP contribution in [0.25, 0.3) is 10.8 Å². The first-order valence-electron chi connectivity index (χ1n) is 8.60. The van der Waals surface area contributed by atoms with Crippen molar-refractivity contribution in [1.29, 1.82) is 0 Å². The van der Waals surface area contributed by atoms with Crippen LogP contribution in [0, 0.1) is 0 Å². The van der Waals surface area contributed by atoms with Crippen molar-refractivity contribution >= 4 is 16.7 Å². The summed E-state index contributed by atoms with van der Waals surface area (Å²) in [5, 5.41) is 5.51. The van der Waals surface area contributed by atoms with Crippen LogP contribution in [0.2, 0.25) is 0 Å². The molecule has 0 bridgehead atoms. The standard InChI is InChI=1S/C22H23NO/c24-22(23-17-7-10-18-8-2-1-3-9-18)16-15-20-13-6-12-19-11-4-5-14-21(19)20/h1-6,8-9,11-14H,7,10,15-17H2,(H,23,24). The quantitative estimate of drug-likeness (QED) is 0.638. The summed E-state index contributed by atoms with van der Waals surface area (Å²) in [5.41, 5.74) is 2.56. The highest BCUT2D eigenvalue weighted by molar-refractivity contribution is 5.86. The molecule has 0 saturated carbocycles. The highest BCUT2D eigenvalue weighted by Gasteiger charge is 2.05. The molecule has 0 saturated heterocycles. The Hall–Kier alpha value is -2.61. The van der Waals surface area contributed by atoms with Gasteiger partial charge in [0.15, 0.2) is 0 Å². The minimum absolute atomic E-state index is 0.135. The second kappa shape index (κ2) is 8.30. The van der Waals surface area contributed by atoms with Gasteiger partial charge in [-0.05, 0) is 41.2 Å². The monoisotopic (exact) mass is 317 g/mol. The van der Waals surface area contributed by atoms with Crippen molar-refractivity contribution < 1.29 is 4.79 Å². The number of carbonyl (C=O) groups excluding carboxylic acids is 1. The molecule has 2 heteroatoms. The molecule has 3 aromatic carbocycles. The van der Waals surface area contributed by atoms with Crippen molar-refractivity contribution in [2.24, 2.45) is 0 Å². The highest BCUT2D eigenvalue weighted by Crippen LogP contribution is 2.19. The van der Waals surface area contributed by atoms with E-state index in [9.17, 15) is 4.79 Å². The average Bonchev–Trinajstić information content (AvgIpc) is 2.64. The molecule has 3 rings (SSSR count). The molecule has 1 amide bonds. The largest absolute Gasteiger partial charge is 0.356 e. The normalized spacial score (nSPS) is 10.7. The maximum absolute atomic E-state index is 12.1. The molecule has 0 radical (unpaired) electrons. The summed E-state index contributed by atoms with van der Waals surface area (Å²) in [4.78, 5) is 12.1. The average molecular weight is 317 g/mol. The minimum atomic E-state index is 0.135. The van der Waals surface area contributed by atoms with Gasteiger partial charge in [-0.1, -0.05) is 72.8 Å². The lowest BCUT2D eigenvalue weighted by atomic mass is 10.0. The maximum Gasteiger partial charge on any atom is 0.220 e. The molecule has 122 valence electrons. The van der Waals surface area contributed by atoms with E-state index in [0.717, 1.165) is 25.8 Å². The SMILES string of the molecule is O=C(CCc1cccc2ccccc12)NCCCc1ccccc1. The molecule has 3 aromatic rings. The highest BCUT2D eigenvalue weighted by atomic mass is 16.1.